The number of carbonyl (C=O) groups excluding carboxylic acids is 2. The number of rotatable bonds is 7. The predicted octanol–water partition coefficient (Wildman–Crippen LogP) is 1.57. The van der Waals surface area contributed by atoms with Crippen LogP contribution in [-0.2, 0) is 14.3 Å². The van der Waals surface area contributed by atoms with E-state index in [0.29, 0.717) is 13.0 Å². The summed E-state index contributed by atoms with van der Waals surface area (Å²) in [6, 6.07) is -0.552. The first-order chi connectivity index (χ1) is 8.76. The van der Waals surface area contributed by atoms with Crippen molar-refractivity contribution in [2.75, 3.05) is 13.7 Å². The highest BCUT2D eigenvalue weighted by Crippen LogP contribution is 2.07. The van der Waals surface area contributed by atoms with Gasteiger partial charge in [-0.15, -0.1) is 0 Å². The lowest BCUT2D eigenvalue weighted by molar-refractivity contribution is -0.142. The van der Waals surface area contributed by atoms with E-state index < -0.39 is 17.7 Å². The fourth-order valence-corrected chi connectivity index (χ4v) is 1.44. The first kappa shape index (κ1) is 17.7. The number of ether oxygens (including phenoxy) is 2. The number of methoxy groups -OCH3 is 1. The highest BCUT2D eigenvalue weighted by atomic mass is 16.6. The number of carbonyl (C=O) groups is 2. The third-order valence-corrected chi connectivity index (χ3v) is 2.36. The van der Waals surface area contributed by atoms with Crippen LogP contribution in [0.5, 0.6) is 0 Å². The van der Waals surface area contributed by atoms with E-state index in [0.717, 1.165) is 19.3 Å². The summed E-state index contributed by atoms with van der Waals surface area (Å²) in [4.78, 5) is 22.3. The van der Waals surface area contributed by atoms with E-state index in [9.17, 15) is 9.59 Å². The minimum atomic E-state index is -0.552. The molecule has 6 heteroatoms. The lowest BCUT2D eigenvalue weighted by Crippen LogP contribution is -2.33. The molecule has 1 atom stereocenters. The summed E-state index contributed by atoms with van der Waals surface area (Å²) in [6.45, 7) is 6.02. The van der Waals surface area contributed by atoms with E-state index >= 15 is 0 Å². The molecule has 3 N–H and O–H groups in total. The molecule has 0 saturated carbocycles. The van der Waals surface area contributed by atoms with Crippen molar-refractivity contribution in [3.63, 3.8) is 0 Å². The number of alkyl carbamates (subject to hydrolysis) is 1. The lowest BCUT2D eigenvalue weighted by Gasteiger charge is -2.19. The lowest BCUT2D eigenvalue weighted by atomic mass is 10.1. The van der Waals surface area contributed by atoms with Crippen molar-refractivity contribution in [3.8, 4) is 0 Å². The summed E-state index contributed by atoms with van der Waals surface area (Å²) in [5.41, 5.74) is 5.12. The van der Waals surface area contributed by atoms with Crippen LogP contribution < -0.4 is 11.1 Å². The molecule has 0 fully saturated rings. The normalized spacial score (nSPS) is 12.7. The van der Waals surface area contributed by atoms with Gasteiger partial charge < -0.3 is 20.5 Å². The third kappa shape index (κ3) is 10.3. The maximum atomic E-state index is 11.3. The summed E-state index contributed by atoms with van der Waals surface area (Å²) in [7, 11) is 1.33. The fourth-order valence-electron chi connectivity index (χ4n) is 1.44. The van der Waals surface area contributed by atoms with Crippen molar-refractivity contribution < 1.29 is 19.1 Å². The van der Waals surface area contributed by atoms with Crippen LogP contribution >= 0.6 is 0 Å². The van der Waals surface area contributed by atoms with Crippen LogP contribution in [0.25, 0.3) is 0 Å². The van der Waals surface area contributed by atoms with E-state index in [1.54, 1.807) is 0 Å². The maximum absolute atomic E-state index is 11.3. The van der Waals surface area contributed by atoms with Gasteiger partial charge in [0.1, 0.15) is 11.6 Å². The van der Waals surface area contributed by atoms with Gasteiger partial charge in [0.2, 0.25) is 0 Å². The summed E-state index contributed by atoms with van der Waals surface area (Å²) >= 11 is 0. The van der Waals surface area contributed by atoms with Crippen LogP contribution in [-0.4, -0.2) is 37.4 Å². The van der Waals surface area contributed by atoms with Gasteiger partial charge in [-0.25, -0.2) is 4.79 Å². The minimum absolute atomic E-state index is 0.383. The number of esters is 1. The van der Waals surface area contributed by atoms with Crippen molar-refractivity contribution in [1.82, 2.24) is 5.32 Å². The standard InChI is InChI=1S/C13H26N2O4/c1-13(2,3)19-12(17)15-9-7-5-6-8-10(14)11(16)18-4/h10H,5-9,14H2,1-4H3,(H,15,17)/t10-/m0/s1. The maximum Gasteiger partial charge on any atom is 0.407 e. The molecule has 0 radical (unpaired) electrons. The molecule has 0 heterocycles. The molecular weight excluding hydrogens is 248 g/mol. The van der Waals surface area contributed by atoms with Gasteiger partial charge in [0.15, 0.2) is 0 Å². The summed E-state index contributed by atoms with van der Waals surface area (Å²) in [5, 5.41) is 2.68. The Kier molecular flexibility index (Phi) is 8.14. The average Bonchev–Trinajstić information content (AvgIpc) is 2.29. The molecule has 0 bridgehead atoms. The van der Waals surface area contributed by atoms with Gasteiger partial charge in [0.25, 0.3) is 0 Å². The zero-order valence-electron chi connectivity index (χ0n) is 12.3. The summed E-state index contributed by atoms with van der Waals surface area (Å²) in [6.07, 6.45) is 2.73. The number of hydrogen-bond acceptors (Lipinski definition) is 5. The molecule has 0 rings (SSSR count). The molecule has 0 aliphatic heterocycles. The molecule has 6 nitrogen and oxygen atoms in total. The van der Waals surface area contributed by atoms with E-state index in [-0.39, 0.29) is 5.97 Å². The van der Waals surface area contributed by atoms with Gasteiger partial charge in [-0.1, -0.05) is 12.8 Å². The quantitative estimate of drug-likeness (QED) is 0.543. The smallest absolute Gasteiger partial charge is 0.407 e. The molecule has 0 aromatic heterocycles. The van der Waals surface area contributed by atoms with Crippen molar-refractivity contribution in [2.45, 2.75) is 58.1 Å². The molecule has 0 spiro atoms. The minimum Gasteiger partial charge on any atom is -0.468 e. The Hall–Kier alpha value is -1.30. The third-order valence-electron chi connectivity index (χ3n) is 2.36. The van der Waals surface area contributed by atoms with Gasteiger partial charge >= 0.3 is 12.1 Å². The molecular formula is C13H26N2O4. The second-order valence-electron chi connectivity index (χ2n) is 5.41. The van der Waals surface area contributed by atoms with Gasteiger partial charge in [0, 0.05) is 6.54 Å². The van der Waals surface area contributed by atoms with Crippen LogP contribution in [0.2, 0.25) is 0 Å². The van der Waals surface area contributed by atoms with Crippen molar-refractivity contribution >= 4 is 12.1 Å². The van der Waals surface area contributed by atoms with E-state index in [4.69, 9.17) is 10.5 Å². The fraction of sp³-hybridized carbons (Fsp3) is 0.846. The summed E-state index contributed by atoms with van der Waals surface area (Å²) < 4.78 is 9.63. The highest BCUT2D eigenvalue weighted by molar-refractivity contribution is 5.75. The zero-order chi connectivity index (χ0) is 14.9. The van der Waals surface area contributed by atoms with Crippen molar-refractivity contribution in [3.05, 3.63) is 0 Å². The number of nitrogens with two attached hydrogens (primary N) is 1. The first-order valence-electron chi connectivity index (χ1n) is 6.56. The van der Waals surface area contributed by atoms with Crippen molar-refractivity contribution in [2.24, 2.45) is 5.73 Å². The zero-order valence-corrected chi connectivity index (χ0v) is 12.3. The number of nitrogens with one attached hydrogen (secondary N) is 1. The monoisotopic (exact) mass is 274 g/mol. The molecule has 0 aliphatic rings. The Morgan fingerprint density at radius 1 is 1.21 bits per heavy atom. The van der Waals surface area contributed by atoms with Crippen LogP contribution in [0.3, 0.4) is 0 Å². The average molecular weight is 274 g/mol. The second-order valence-corrected chi connectivity index (χ2v) is 5.41. The van der Waals surface area contributed by atoms with Gasteiger partial charge in [-0.2, -0.15) is 0 Å². The van der Waals surface area contributed by atoms with Crippen LogP contribution in [0.4, 0.5) is 4.79 Å². The van der Waals surface area contributed by atoms with Crippen LogP contribution in [0.1, 0.15) is 46.5 Å². The molecule has 0 aliphatic carbocycles. The second kappa shape index (κ2) is 8.74. The molecule has 1 amide bonds. The number of amides is 1. The number of hydrogen-bond donors (Lipinski definition) is 2. The van der Waals surface area contributed by atoms with E-state index in [1.165, 1.54) is 7.11 Å². The van der Waals surface area contributed by atoms with Gasteiger partial charge in [0.05, 0.1) is 7.11 Å². The number of unbranched alkanes of at least 4 members (excludes halogenated alkanes) is 2. The first-order valence-corrected chi connectivity index (χ1v) is 6.56. The Morgan fingerprint density at radius 3 is 2.37 bits per heavy atom. The Morgan fingerprint density at radius 2 is 1.84 bits per heavy atom. The van der Waals surface area contributed by atoms with Crippen LogP contribution in [0.15, 0.2) is 0 Å². The molecule has 0 unspecified atom stereocenters. The van der Waals surface area contributed by atoms with Gasteiger partial charge in [-0.05, 0) is 33.6 Å². The van der Waals surface area contributed by atoms with E-state index in [2.05, 4.69) is 10.1 Å². The predicted molar refractivity (Wildman–Crippen MR) is 72.7 cm³/mol. The molecule has 19 heavy (non-hydrogen) atoms. The SMILES string of the molecule is COC(=O)[C@@H](N)CCCCCNC(=O)OC(C)(C)C. The van der Waals surface area contributed by atoms with Crippen molar-refractivity contribution in [1.29, 1.82) is 0 Å². The molecule has 112 valence electrons. The molecule has 0 saturated heterocycles. The highest BCUT2D eigenvalue weighted by Gasteiger charge is 2.15. The molecule has 0 aromatic carbocycles. The van der Waals surface area contributed by atoms with Crippen LogP contribution in [0, 0.1) is 0 Å². The van der Waals surface area contributed by atoms with E-state index in [1.807, 2.05) is 20.8 Å². The Balaban J connectivity index is 3.51. The topological polar surface area (TPSA) is 90.6 Å². The largest absolute Gasteiger partial charge is 0.468 e. The Labute approximate surface area is 115 Å². The summed E-state index contributed by atoms with van der Waals surface area (Å²) in [5.74, 6) is -0.383. The molecule has 0 aromatic rings. The Bertz CT molecular complexity index is 287. The van der Waals surface area contributed by atoms with Gasteiger partial charge in [-0.3, -0.25) is 4.79 Å².